The summed E-state index contributed by atoms with van der Waals surface area (Å²) in [5, 5.41) is 0. The summed E-state index contributed by atoms with van der Waals surface area (Å²) in [7, 11) is 0. The van der Waals surface area contributed by atoms with Gasteiger partial charge in [-0.05, 0) is 44.1 Å². The molecule has 2 bridgehead atoms. The Hall–Kier alpha value is -1.60. The molecule has 7 heteroatoms. The SMILES string of the molecule is CCC[C@H]1[C@H]2C[C@H](CN(c3cc(N4CCOCC4)nc(N)n3)C2)[C@@H]2CCCCN21. The van der Waals surface area contributed by atoms with Gasteiger partial charge in [0.05, 0.1) is 13.2 Å². The predicted molar refractivity (Wildman–Crippen MR) is 116 cm³/mol. The first-order valence-corrected chi connectivity index (χ1v) is 11.7. The molecule has 1 aromatic heterocycles. The molecule has 2 N–H and O–H groups in total. The van der Waals surface area contributed by atoms with Gasteiger partial charge in [0.1, 0.15) is 11.6 Å². The first kappa shape index (κ1) is 19.4. The maximum atomic E-state index is 6.15. The summed E-state index contributed by atoms with van der Waals surface area (Å²) in [4.78, 5) is 16.9. The van der Waals surface area contributed by atoms with Gasteiger partial charge in [0.25, 0.3) is 0 Å². The highest BCUT2D eigenvalue weighted by atomic mass is 16.5. The summed E-state index contributed by atoms with van der Waals surface area (Å²) in [5.41, 5.74) is 6.15. The van der Waals surface area contributed by atoms with Crippen molar-refractivity contribution >= 4 is 17.6 Å². The van der Waals surface area contributed by atoms with E-state index < -0.39 is 0 Å². The van der Waals surface area contributed by atoms with Gasteiger partial charge >= 0.3 is 0 Å². The predicted octanol–water partition coefficient (Wildman–Crippen LogP) is 2.37. The fraction of sp³-hybridized carbons (Fsp3) is 0.818. The Morgan fingerprint density at radius 3 is 2.59 bits per heavy atom. The smallest absolute Gasteiger partial charge is 0.223 e. The van der Waals surface area contributed by atoms with Crippen LogP contribution in [0.3, 0.4) is 0 Å². The second kappa shape index (κ2) is 8.26. The number of rotatable bonds is 4. The number of anilines is 3. The molecule has 4 aliphatic rings. The Morgan fingerprint density at radius 2 is 1.79 bits per heavy atom. The van der Waals surface area contributed by atoms with Crippen LogP contribution in [0.1, 0.15) is 45.4 Å². The van der Waals surface area contributed by atoms with E-state index in [0.717, 1.165) is 74.9 Å². The summed E-state index contributed by atoms with van der Waals surface area (Å²) in [6.07, 6.45) is 8.13. The largest absolute Gasteiger partial charge is 0.378 e. The molecule has 0 radical (unpaired) electrons. The normalized spacial score (nSPS) is 32.9. The van der Waals surface area contributed by atoms with Crippen LogP contribution in [-0.2, 0) is 4.74 Å². The fourth-order valence-electron chi connectivity index (χ4n) is 6.35. The molecule has 4 saturated heterocycles. The molecule has 0 amide bonds. The van der Waals surface area contributed by atoms with Gasteiger partial charge < -0.3 is 20.3 Å². The summed E-state index contributed by atoms with van der Waals surface area (Å²) >= 11 is 0. The summed E-state index contributed by atoms with van der Waals surface area (Å²) in [5.74, 6) is 3.87. The summed E-state index contributed by atoms with van der Waals surface area (Å²) in [6.45, 7) is 9.11. The van der Waals surface area contributed by atoms with Crippen molar-refractivity contribution in [2.75, 3.05) is 61.5 Å². The van der Waals surface area contributed by atoms with E-state index in [-0.39, 0.29) is 0 Å². The molecular formula is C22H36N6O. The van der Waals surface area contributed by atoms with Gasteiger partial charge in [-0.25, -0.2) is 0 Å². The number of nitrogens with two attached hydrogens (primary N) is 1. The zero-order valence-corrected chi connectivity index (χ0v) is 17.8. The van der Waals surface area contributed by atoms with Crippen molar-refractivity contribution in [2.45, 2.75) is 57.5 Å². The summed E-state index contributed by atoms with van der Waals surface area (Å²) < 4.78 is 5.50. The zero-order valence-electron chi connectivity index (χ0n) is 17.8. The van der Waals surface area contributed by atoms with E-state index >= 15 is 0 Å². The Balaban J connectivity index is 1.40. The molecule has 1 aromatic rings. The number of nitrogen functional groups attached to an aromatic ring is 1. The molecule has 5 rings (SSSR count). The number of hydrogen-bond acceptors (Lipinski definition) is 7. The van der Waals surface area contributed by atoms with Gasteiger partial charge in [-0.2, -0.15) is 9.97 Å². The van der Waals surface area contributed by atoms with E-state index in [2.05, 4.69) is 37.7 Å². The van der Waals surface area contributed by atoms with Gasteiger partial charge in [-0.3, -0.25) is 4.90 Å². The zero-order chi connectivity index (χ0) is 19.8. The van der Waals surface area contributed by atoms with Crippen LogP contribution in [0.25, 0.3) is 0 Å². The van der Waals surface area contributed by atoms with Crippen molar-refractivity contribution < 1.29 is 4.74 Å². The van der Waals surface area contributed by atoms with Crippen molar-refractivity contribution in [1.29, 1.82) is 0 Å². The van der Waals surface area contributed by atoms with Crippen LogP contribution in [0.15, 0.2) is 6.07 Å². The molecular weight excluding hydrogens is 364 g/mol. The molecule has 0 saturated carbocycles. The minimum absolute atomic E-state index is 0.393. The van der Waals surface area contributed by atoms with Gasteiger partial charge in [0, 0.05) is 44.3 Å². The first-order valence-electron chi connectivity index (χ1n) is 11.7. The van der Waals surface area contributed by atoms with Crippen molar-refractivity contribution in [1.82, 2.24) is 14.9 Å². The molecule has 160 valence electrons. The maximum absolute atomic E-state index is 6.15. The lowest BCUT2D eigenvalue weighted by Crippen LogP contribution is -2.63. The highest BCUT2D eigenvalue weighted by Gasteiger charge is 2.46. The third-order valence-electron chi connectivity index (χ3n) is 7.58. The number of aromatic nitrogens is 2. The Bertz CT molecular complexity index is 709. The van der Waals surface area contributed by atoms with E-state index in [1.54, 1.807) is 0 Å². The van der Waals surface area contributed by atoms with Crippen LogP contribution >= 0.6 is 0 Å². The number of morpholine rings is 1. The lowest BCUT2D eigenvalue weighted by atomic mass is 9.71. The van der Waals surface area contributed by atoms with Crippen LogP contribution in [-0.4, -0.2) is 72.9 Å². The third kappa shape index (κ3) is 3.79. The van der Waals surface area contributed by atoms with E-state index in [1.807, 2.05) is 0 Å². The quantitative estimate of drug-likeness (QED) is 0.832. The van der Waals surface area contributed by atoms with Gasteiger partial charge in [0.15, 0.2) is 0 Å². The molecule has 0 aromatic carbocycles. The van der Waals surface area contributed by atoms with Crippen LogP contribution in [0.5, 0.6) is 0 Å². The van der Waals surface area contributed by atoms with E-state index in [0.29, 0.717) is 5.95 Å². The average Bonchev–Trinajstić information content (AvgIpc) is 2.77. The summed E-state index contributed by atoms with van der Waals surface area (Å²) in [6, 6.07) is 3.66. The first-order chi connectivity index (χ1) is 14.2. The molecule has 5 heterocycles. The molecule has 4 fully saturated rings. The second-order valence-corrected chi connectivity index (χ2v) is 9.36. The van der Waals surface area contributed by atoms with Gasteiger partial charge in [-0.1, -0.05) is 19.8 Å². The van der Waals surface area contributed by atoms with Gasteiger partial charge in [-0.15, -0.1) is 0 Å². The Labute approximate surface area is 174 Å². The Kier molecular flexibility index (Phi) is 5.52. The average molecular weight is 401 g/mol. The van der Waals surface area contributed by atoms with Crippen molar-refractivity contribution in [3.8, 4) is 0 Å². The number of fused-ring (bicyclic) bond motifs is 4. The highest BCUT2D eigenvalue weighted by Crippen LogP contribution is 2.43. The van der Waals surface area contributed by atoms with Crippen molar-refractivity contribution in [2.24, 2.45) is 11.8 Å². The van der Waals surface area contributed by atoms with Crippen LogP contribution < -0.4 is 15.5 Å². The van der Waals surface area contributed by atoms with Crippen LogP contribution in [0.2, 0.25) is 0 Å². The number of ether oxygens (including phenoxy) is 1. The minimum atomic E-state index is 0.393. The number of nitrogens with zero attached hydrogens (tertiary/aromatic N) is 5. The maximum Gasteiger partial charge on any atom is 0.223 e. The molecule has 29 heavy (non-hydrogen) atoms. The van der Waals surface area contributed by atoms with Crippen molar-refractivity contribution in [3.05, 3.63) is 6.07 Å². The Morgan fingerprint density at radius 1 is 1.03 bits per heavy atom. The number of piperidine rings is 3. The monoisotopic (exact) mass is 400 g/mol. The molecule has 0 aliphatic carbocycles. The molecule has 4 atom stereocenters. The van der Waals surface area contributed by atoms with E-state index in [9.17, 15) is 0 Å². The van der Waals surface area contributed by atoms with Crippen molar-refractivity contribution in [3.63, 3.8) is 0 Å². The second-order valence-electron chi connectivity index (χ2n) is 9.36. The van der Waals surface area contributed by atoms with E-state index in [1.165, 1.54) is 45.1 Å². The molecule has 7 nitrogen and oxygen atoms in total. The molecule has 0 unspecified atom stereocenters. The highest BCUT2D eigenvalue weighted by molar-refractivity contribution is 5.54. The van der Waals surface area contributed by atoms with Gasteiger partial charge in [0.2, 0.25) is 5.95 Å². The molecule has 4 aliphatic heterocycles. The lowest BCUT2D eigenvalue weighted by Gasteiger charge is -2.57. The standard InChI is InChI=1S/C22H36N6O/c1-2-5-18-16-12-17(19-6-3-4-7-28(18)19)15-27(14-16)21-13-20(24-22(23)25-21)26-8-10-29-11-9-26/h13,16-19H,2-12,14-15H2,1H3,(H2,23,24,25)/t16-,17+,18-,19-/m0/s1. The van der Waals surface area contributed by atoms with E-state index in [4.69, 9.17) is 10.5 Å². The molecule has 0 spiro atoms. The third-order valence-corrected chi connectivity index (χ3v) is 7.58. The lowest BCUT2D eigenvalue weighted by molar-refractivity contribution is -0.0354. The number of hydrogen-bond donors (Lipinski definition) is 1. The fourth-order valence-corrected chi connectivity index (χ4v) is 6.35. The van der Waals surface area contributed by atoms with Crippen LogP contribution in [0.4, 0.5) is 17.6 Å². The topological polar surface area (TPSA) is 70.8 Å². The minimum Gasteiger partial charge on any atom is -0.378 e. The van der Waals surface area contributed by atoms with Crippen LogP contribution in [0, 0.1) is 11.8 Å².